The Morgan fingerprint density at radius 3 is 2.43 bits per heavy atom. The number of rotatable bonds is 5. The highest BCUT2D eigenvalue weighted by Gasteiger charge is 2.23. The van der Waals surface area contributed by atoms with Crippen LogP contribution >= 0.6 is 0 Å². The molecule has 0 unspecified atom stereocenters. The monoisotopic (exact) mass is 299 g/mol. The van der Waals surface area contributed by atoms with Crippen LogP contribution in [0, 0.1) is 21.8 Å². The second kappa shape index (κ2) is 6.64. The molecule has 1 rings (SSSR count). The third-order valence-corrected chi connectivity index (χ3v) is 2.63. The number of carbonyl (C=O) groups is 2. The molecule has 0 aliphatic carbocycles. The maximum atomic E-state index is 13.6. The van der Waals surface area contributed by atoms with Crippen LogP contribution in [0.1, 0.15) is 13.8 Å². The Hall–Kier alpha value is -2.71. The van der Waals surface area contributed by atoms with Crippen molar-refractivity contribution in [1.29, 1.82) is 0 Å². The smallest absolute Gasteiger partial charge is 0.326 e. The average Bonchev–Trinajstić information content (AvgIpc) is 2.37. The molecule has 0 saturated carbocycles. The number of nitrogens with zero attached hydrogens (tertiary/aromatic N) is 1. The van der Waals surface area contributed by atoms with Gasteiger partial charge in [-0.15, -0.1) is 0 Å². The third kappa shape index (κ3) is 4.41. The largest absolute Gasteiger partial charge is 0.480 e. The lowest BCUT2D eigenvalue weighted by atomic mass is 10.1. The normalized spacial score (nSPS) is 11.8. The van der Waals surface area contributed by atoms with Crippen LogP contribution in [0.4, 0.5) is 20.6 Å². The molecule has 0 spiro atoms. The molecule has 1 atom stereocenters. The van der Waals surface area contributed by atoms with Gasteiger partial charge in [0.25, 0.3) is 5.69 Å². The quantitative estimate of drug-likeness (QED) is 0.566. The molecule has 0 fully saturated rings. The minimum atomic E-state index is -1.22. The summed E-state index contributed by atoms with van der Waals surface area (Å²) in [4.78, 5) is 32.2. The van der Waals surface area contributed by atoms with E-state index in [-0.39, 0.29) is 11.6 Å². The molecule has 2 amide bonds. The number of non-ortho nitro benzene ring substituents is 1. The molecule has 0 aliphatic rings. The molecule has 0 radical (unpaired) electrons. The van der Waals surface area contributed by atoms with Crippen molar-refractivity contribution >= 4 is 23.4 Å². The van der Waals surface area contributed by atoms with Crippen molar-refractivity contribution in [1.82, 2.24) is 5.32 Å². The van der Waals surface area contributed by atoms with Crippen molar-refractivity contribution in [2.75, 3.05) is 5.32 Å². The standard InChI is InChI=1S/C12H14FN3O5/c1-6(2)10(11(17)18)15-12(19)14-9-4-3-7(16(20)21)5-8(9)13/h3-6,10H,1-2H3,(H,17,18)(H2,14,15,19)/t10-/m1/s1. The first kappa shape index (κ1) is 16.3. The number of carboxylic acid groups (broad SMARTS) is 1. The summed E-state index contributed by atoms with van der Waals surface area (Å²) in [6.07, 6.45) is 0. The van der Waals surface area contributed by atoms with E-state index in [1.807, 2.05) is 0 Å². The van der Waals surface area contributed by atoms with Crippen LogP contribution in [-0.2, 0) is 4.79 Å². The molecule has 21 heavy (non-hydrogen) atoms. The van der Waals surface area contributed by atoms with Gasteiger partial charge in [0.2, 0.25) is 0 Å². The minimum absolute atomic E-state index is 0.286. The Labute approximate surface area is 119 Å². The molecule has 0 saturated heterocycles. The number of carboxylic acids is 1. The number of hydrogen-bond acceptors (Lipinski definition) is 4. The van der Waals surface area contributed by atoms with Crippen LogP contribution in [0.25, 0.3) is 0 Å². The van der Waals surface area contributed by atoms with E-state index in [1.165, 1.54) is 0 Å². The van der Waals surface area contributed by atoms with Gasteiger partial charge in [0, 0.05) is 6.07 Å². The van der Waals surface area contributed by atoms with Gasteiger partial charge in [0.05, 0.1) is 16.7 Å². The topological polar surface area (TPSA) is 122 Å². The van der Waals surface area contributed by atoms with Crippen LogP contribution < -0.4 is 10.6 Å². The third-order valence-electron chi connectivity index (χ3n) is 2.63. The molecule has 3 N–H and O–H groups in total. The van der Waals surface area contributed by atoms with Gasteiger partial charge in [0.15, 0.2) is 5.82 Å². The van der Waals surface area contributed by atoms with Gasteiger partial charge in [0.1, 0.15) is 6.04 Å². The van der Waals surface area contributed by atoms with E-state index >= 15 is 0 Å². The van der Waals surface area contributed by atoms with E-state index in [1.54, 1.807) is 13.8 Å². The highest BCUT2D eigenvalue weighted by molar-refractivity contribution is 5.92. The zero-order chi connectivity index (χ0) is 16.2. The van der Waals surface area contributed by atoms with E-state index in [9.17, 15) is 24.1 Å². The highest BCUT2D eigenvalue weighted by Crippen LogP contribution is 2.20. The summed E-state index contributed by atoms with van der Waals surface area (Å²) >= 11 is 0. The molecule has 1 aromatic rings. The number of halogens is 1. The number of amides is 2. The maximum absolute atomic E-state index is 13.6. The lowest BCUT2D eigenvalue weighted by Crippen LogP contribution is -2.46. The Bertz CT molecular complexity index is 576. The number of hydrogen-bond donors (Lipinski definition) is 3. The van der Waals surface area contributed by atoms with Gasteiger partial charge < -0.3 is 15.7 Å². The lowest BCUT2D eigenvalue weighted by molar-refractivity contribution is -0.385. The minimum Gasteiger partial charge on any atom is -0.480 e. The molecule has 1 aromatic carbocycles. The fourth-order valence-corrected chi connectivity index (χ4v) is 1.53. The fraction of sp³-hybridized carbons (Fsp3) is 0.333. The van der Waals surface area contributed by atoms with E-state index in [0.717, 1.165) is 12.1 Å². The zero-order valence-corrected chi connectivity index (χ0v) is 11.3. The number of anilines is 1. The van der Waals surface area contributed by atoms with Crippen molar-refractivity contribution in [3.63, 3.8) is 0 Å². The molecule has 9 heteroatoms. The van der Waals surface area contributed by atoms with E-state index in [0.29, 0.717) is 6.07 Å². The Morgan fingerprint density at radius 2 is 2.00 bits per heavy atom. The van der Waals surface area contributed by atoms with Crippen LogP contribution in [0.3, 0.4) is 0 Å². The number of carbonyl (C=O) groups excluding carboxylic acids is 1. The van der Waals surface area contributed by atoms with Crippen LogP contribution in [0.2, 0.25) is 0 Å². The second-order valence-corrected chi connectivity index (χ2v) is 4.58. The predicted octanol–water partition coefficient (Wildman–Crippen LogP) is 1.96. The Kier molecular flexibility index (Phi) is 5.17. The lowest BCUT2D eigenvalue weighted by Gasteiger charge is -2.18. The van der Waals surface area contributed by atoms with Crippen LogP contribution in [0.15, 0.2) is 18.2 Å². The molecule has 0 heterocycles. The number of benzene rings is 1. The first-order valence-corrected chi connectivity index (χ1v) is 5.96. The SMILES string of the molecule is CC(C)[C@@H](NC(=O)Nc1ccc([N+](=O)[O-])cc1F)C(=O)O. The Balaban J connectivity index is 2.79. The molecular formula is C12H14FN3O5. The van der Waals surface area contributed by atoms with Crippen molar-refractivity contribution in [2.45, 2.75) is 19.9 Å². The van der Waals surface area contributed by atoms with Crippen LogP contribution in [-0.4, -0.2) is 28.1 Å². The summed E-state index contributed by atoms with van der Waals surface area (Å²) < 4.78 is 13.6. The summed E-state index contributed by atoms with van der Waals surface area (Å²) in [5, 5.41) is 23.7. The van der Waals surface area contributed by atoms with Gasteiger partial charge >= 0.3 is 12.0 Å². The number of nitrogens with one attached hydrogen (secondary N) is 2. The molecule has 0 aromatic heterocycles. The molecular weight excluding hydrogens is 285 g/mol. The number of nitro groups is 1. The number of aliphatic carboxylic acids is 1. The molecule has 8 nitrogen and oxygen atoms in total. The number of urea groups is 1. The molecule has 0 aliphatic heterocycles. The van der Waals surface area contributed by atoms with E-state index < -0.39 is 34.5 Å². The van der Waals surface area contributed by atoms with Crippen molar-refractivity contribution < 1.29 is 24.0 Å². The summed E-state index contributed by atoms with van der Waals surface area (Å²) in [5.41, 5.74) is -0.741. The predicted molar refractivity (Wildman–Crippen MR) is 71.5 cm³/mol. The molecule has 114 valence electrons. The first-order chi connectivity index (χ1) is 9.72. The van der Waals surface area contributed by atoms with Crippen molar-refractivity contribution in [3.8, 4) is 0 Å². The van der Waals surface area contributed by atoms with E-state index in [4.69, 9.17) is 5.11 Å². The maximum Gasteiger partial charge on any atom is 0.326 e. The van der Waals surface area contributed by atoms with E-state index in [2.05, 4.69) is 10.6 Å². The average molecular weight is 299 g/mol. The summed E-state index contributed by atoms with van der Waals surface area (Å²) in [6.45, 7) is 3.21. The summed E-state index contributed by atoms with van der Waals surface area (Å²) in [6, 6.07) is 0.663. The van der Waals surface area contributed by atoms with Gasteiger partial charge in [-0.05, 0) is 12.0 Å². The zero-order valence-electron chi connectivity index (χ0n) is 11.3. The van der Waals surface area contributed by atoms with Crippen molar-refractivity contribution in [3.05, 3.63) is 34.1 Å². The fourth-order valence-electron chi connectivity index (χ4n) is 1.53. The first-order valence-electron chi connectivity index (χ1n) is 5.96. The Morgan fingerprint density at radius 1 is 1.38 bits per heavy atom. The van der Waals surface area contributed by atoms with Gasteiger partial charge in [-0.2, -0.15) is 0 Å². The molecule has 0 bridgehead atoms. The summed E-state index contributed by atoms with van der Waals surface area (Å²) in [5.74, 6) is -2.57. The van der Waals surface area contributed by atoms with Gasteiger partial charge in [-0.3, -0.25) is 10.1 Å². The second-order valence-electron chi connectivity index (χ2n) is 4.58. The highest BCUT2D eigenvalue weighted by atomic mass is 19.1. The van der Waals surface area contributed by atoms with Crippen molar-refractivity contribution in [2.24, 2.45) is 5.92 Å². The number of nitro benzene ring substituents is 1. The van der Waals surface area contributed by atoms with Gasteiger partial charge in [-0.1, -0.05) is 13.8 Å². The summed E-state index contributed by atoms with van der Waals surface area (Å²) in [7, 11) is 0. The van der Waals surface area contributed by atoms with Crippen LogP contribution in [0.5, 0.6) is 0 Å². The van der Waals surface area contributed by atoms with Gasteiger partial charge in [-0.25, -0.2) is 14.0 Å².